The molecule has 0 radical (unpaired) electrons. The first-order valence-electron chi connectivity index (χ1n) is 14.5. The van der Waals surface area contributed by atoms with E-state index in [1.165, 1.54) is 62.5 Å². The molecule has 3 atom stereocenters. The molecule has 37 heavy (non-hydrogen) atoms. The predicted octanol–water partition coefficient (Wildman–Crippen LogP) is 8.61. The summed E-state index contributed by atoms with van der Waals surface area (Å²) in [5.41, 5.74) is 3.53. The number of carbonyl (C=O) groups excluding carboxylic acids is 2. The van der Waals surface area contributed by atoms with Crippen molar-refractivity contribution in [3.63, 3.8) is 0 Å². The van der Waals surface area contributed by atoms with E-state index in [4.69, 9.17) is 9.47 Å². The van der Waals surface area contributed by atoms with E-state index in [1.54, 1.807) is 6.92 Å². The van der Waals surface area contributed by atoms with Crippen LogP contribution < -0.4 is 0 Å². The van der Waals surface area contributed by atoms with Gasteiger partial charge in [0.2, 0.25) is 0 Å². The summed E-state index contributed by atoms with van der Waals surface area (Å²) in [4.78, 5) is 25.0. The third kappa shape index (κ3) is 11.1. The number of hydrogen-bond acceptors (Lipinski definition) is 4. The van der Waals surface area contributed by atoms with E-state index >= 15 is 0 Å². The van der Waals surface area contributed by atoms with Crippen molar-refractivity contribution in [3.8, 4) is 0 Å². The van der Waals surface area contributed by atoms with Gasteiger partial charge in [-0.15, -0.1) is 0 Å². The Labute approximate surface area is 225 Å². The van der Waals surface area contributed by atoms with Crippen LogP contribution in [0.25, 0.3) is 0 Å². The van der Waals surface area contributed by atoms with E-state index in [1.807, 2.05) is 48.5 Å². The Balaban J connectivity index is 1.79. The molecule has 4 nitrogen and oxygen atoms in total. The Morgan fingerprint density at radius 3 is 1.51 bits per heavy atom. The van der Waals surface area contributed by atoms with Crippen LogP contribution in [-0.4, -0.2) is 24.6 Å². The molecule has 0 saturated heterocycles. The van der Waals surface area contributed by atoms with Gasteiger partial charge in [0, 0.05) is 0 Å². The summed E-state index contributed by atoms with van der Waals surface area (Å²) in [6.45, 7) is 10.7. The van der Waals surface area contributed by atoms with E-state index in [2.05, 4.69) is 27.7 Å². The second kappa shape index (κ2) is 17.0. The molecule has 0 bridgehead atoms. The lowest BCUT2D eigenvalue weighted by molar-refractivity contribution is 0.00448. The maximum absolute atomic E-state index is 12.6. The highest BCUT2D eigenvalue weighted by molar-refractivity contribution is 5.90. The predicted molar refractivity (Wildman–Crippen MR) is 152 cm³/mol. The molecule has 0 amide bonds. The number of hydrogen-bond donors (Lipinski definition) is 0. The maximum atomic E-state index is 12.6. The number of unbranched alkanes of at least 4 members (excludes halogenated alkanes) is 2. The molecule has 0 aliphatic rings. The second-order valence-corrected chi connectivity index (χ2v) is 10.4. The van der Waals surface area contributed by atoms with Crippen LogP contribution >= 0.6 is 0 Å². The van der Waals surface area contributed by atoms with Crippen LogP contribution in [-0.2, 0) is 22.3 Å². The zero-order chi connectivity index (χ0) is 27.0. The van der Waals surface area contributed by atoms with Crippen molar-refractivity contribution in [2.24, 2.45) is 11.8 Å². The van der Waals surface area contributed by atoms with Gasteiger partial charge in [0.05, 0.1) is 11.1 Å². The first-order chi connectivity index (χ1) is 17.9. The van der Waals surface area contributed by atoms with E-state index in [9.17, 15) is 9.59 Å². The number of esters is 2. The second-order valence-electron chi connectivity index (χ2n) is 10.4. The highest BCUT2D eigenvalue weighted by Crippen LogP contribution is 2.20. The molecule has 2 rings (SSSR count). The number of carbonyl (C=O) groups is 2. The van der Waals surface area contributed by atoms with Crippen molar-refractivity contribution in [1.82, 2.24) is 0 Å². The number of ether oxygens (including phenoxy) is 2. The van der Waals surface area contributed by atoms with Crippen molar-refractivity contribution >= 4 is 11.9 Å². The Morgan fingerprint density at radius 1 is 0.676 bits per heavy atom. The van der Waals surface area contributed by atoms with Gasteiger partial charge in [-0.3, -0.25) is 0 Å². The number of rotatable bonds is 17. The smallest absolute Gasteiger partial charge is 0.338 e. The fourth-order valence-electron chi connectivity index (χ4n) is 4.67. The molecule has 4 heteroatoms. The Hall–Kier alpha value is -2.62. The van der Waals surface area contributed by atoms with Gasteiger partial charge in [-0.25, -0.2) is 9.59 Å². The topological polar surface area (TPSA) is 52.6 Å². The van der Waals surface area contributed by atoms with Crippen molar-refractivity contribution in [2.45, 2.75) is 105 Å². The minimum atomic E-state index is -0.530. The van der Waals surface area contributed by atoms with Crippen molar-refractivity contribution < 1.29 is 19.1 Å². The summed E-state index contributed by atoms with van der Waals surface area (Å²) in [5.74, 6) is 0.572. The zero-order valence-corrected chi connectivity index (χ0v) is 23.8. The van der Waals surface area contributed by atoms with Crippen molar-refractivity contribution in [3.05, 3.63) is 70.8 Å². The zero-order valence-electron chi connectivity index (χ0n) is 23.8. The van der Waals surface area contributed by atoms with E-state index in [-0.39, 0.29) is 6.61 Å². The molecule has 204 valence electrons. The monoisotopic (exact) mass is 508 g/mol. The third-order valence-electron chi connectivity index (χ3n) is 7.27. The quantitative estimate of drug-likeness (QED) is 0.201. The average molecular weight is 509 g/mol. The highest BCUT2D eigenvalue weighted by Gasteiger charge is 2.16. The Kier molecular flexibility index (Phi) is 14.1. The summed E-state index contributed by atoms with van der Waals surface area (Å²) < 4.78 is 10.9. The first-order valence-corrected chi connectivity index (χ1v) is 14.5. The molecule has 0 spiro atoms. The molecule has 0 saturated carbocycles. The van der Waals surface area contributed by atoms with Crippen molar-refractivity contribution in [2.75, 3.05) is 6.61 Å². The molecule has 0 N–H and O–H groups in total. The molecule has 0 heterocycles. The van der Waals surface area contributed by atoms with E-state index in [0.717, 1.165) is 12.8 Å². The van der Waals surface area contributed by atoms with Crippen LogP contribution in [0, 0.1) is 11.8 Å². The van der Waals surface area contributed by atoms with Gasteiger partial charge in [-0.05, 0) is 67.0 Å². The SMILES string of the molecule is CCCCC(CC)Cc1ccc(C(=O)OCC(C)OC(=O)c2ccc(CC(CC)CCCC)cc2)cc1. The lowest BCUT2D eigenvalue weighted by atomic mass is 9.92. The summed E-state index contributed by atoms with van der Waals surface area (Å²) >= 11 is 0. The molecule has 3 unspecified atom stereocenters. The van der Waals surface area contributed by atoms with Crippen LogP contribution in [0.3, 0.4) is 0 Å². The molecule has 0 aromatic heterocycles. The summed E-state index contributed by atoms with van der Waals surface area (Å²) in [6, 6.07) is 15.4. The van der Waals surface area contributed by atoms with Crippen LogP contribution in [0.4, 0.5) is 0 Å². The Morgan fingerprint density at radius 2 is 1.11 bits per heavy atom. The van der Waals surface area contributed by atoms with Crippen LogP contribution in [0.5, 0.6) is 0 Å². The highest BCUT2D eigenvalue weighted by atomic mass is 16.6. The molecule has 0 aliphatic carbocycles. The molecular formula is C33H48O4. The summed E-state index contributed by atoms with van der Waals surface area (Å²) in [5, 5.41) is 0. The van der Waals surface area contributed by atoms with E-state index < -0.39 is 18.0 Å². The van der Waals surface area contributed by atoms with Gasteiger partial charge in [0.1, 0.15) is 12.7 Å². The fraction of sp³-hybridized carbons (Fsp3) is 0.576. The van der Waals surface area contributed by atoms with Crippen LogP contribution in [0.15, 0.2) is 48.5 Å². The van der Waals surface area contributed by atoms with Crippen LogP contribution in [0.1, 0.15) is 118 Å². The van der Waals surface area contributed by atoms with Gasteiger partial charge in [0.15, 0.2) is 0 Å². The third-order valence-corrected chi connectivity index (χ3v) is 7.27. The van der Waals surface area contributed by atoms with Gasteiger partial charge in [0.25, 0.3) is 0 Å². The minimum Gasteiger partial charge on any atom is -0.458 e. The minimum absolute atomic E-state index is 0.0228. The molecular weight excluding hydrogens is 460 g/mol. The molecule has 0 aliphatic heterocycles. The lowest BCUT2D eigenvalue weighted by Crippen LogP contribution is -2.22. The largest absolute Gasteiger partial charge is 0.458 e. The molecule has 0 fully saturated rings. The first kappa shape index (κ1) is 30.6. The molecule has 2 aromatic carbocycles. The molecule has 2 aromatic rings. The Bertz CT molecular complexity index is 916. The maximum Gasteiger partial charge on any atom is 0.338 e. The standard InChI is InChI=1S/C33H48O4/c1-6-10-12-26(8-3)22-28-14-18-30(19-15-28)32(34)36-24-25(5)37-33(35)31-20-16-29(17-21-31)23-27(9-4)13-11-7-2/h14-21,25-27H,6-13,22-24H2,1-5H3. The van der Waals surface area contributed by atoms with Gasteiger partial charge >= 0.3 is 11.9 Å². The van der Waals surface area contributed by atoms with Gasteiger partial charge < -0.3 is 9.47 Å². The van der Waals surface area contributed by atoms with Crippen molar-refractivity contribution in [1.29, 1.82) is 0 Å². The van der Waals surface area contributed by atoms with Crippen LogP contribution in [0.2, 0.25) is 0 Å². The summed E-state index contributed by atoms with van der Waals surface area (Å²) in [6.07, 6.45) is 11.3. The normalized spacial score (nSPS) is 13.5. The number of benzene rings is 2. The fourth-order valence-corrected chi connectivity index (χ4v) is 4.67. The van der Waals surface area contributed by atoms with E-state index in [0.29, 0.717) is 23.0 Å². The summed E-state index contributed by atoms with van der Waals surface area (Å²) in [7, 11) is 0. The average Bonchev–Trinajstić information content (AvgIpc) is 2.92. The van der Waals surface area contributed by atoms with Gasteiger partial charge in [-0.2, -0.15) is 0 Å². The van der Waals surface area contributed by atoms with Gasteiger partial charge in [-0.1, -0.05) is 103 Å². The lowest BCUT2D eigenvalue weighted by Gasteiger charge is -2.16.